The van der Waals surface area contributed by atoms with Crippen LogP contribution in [0.2, 0.25) is 5.02 Å². The number of fused-ring (bicyclic) bond motifs is 1. The van der Waals surface area contributed by atoms with E-state index in [1.54, 1.807) is 30.5 Å². The molecule has 0 aliphatic heterocycles. The van der Waals surface area contributed by atoms with E-state index >= 15 is 0 Å². The summed E-state index contributed by atoms with van der Waals surface area (Å²) in [6.45, 7) is -0.0892. The van der Waals surface area contributed by atoms with Gasteiger partial charge >= 0.3 is 5.69 Å². The van der Waals surface area contributed by atoms with E-state index in [0.717, 1.165) is 10.0 Å². The second-order valence-corrected chi connectivity index (χ2v) is 8.73. The molecule has 1 atom stereocenters. The Kier molecular flexibility index (Phi) is 7.15. The molecule has 1 unspecified atom stereocenters. The average molecular weight is 548 g/mol. The van der Waals surface area contributed by atoms with Gasteiger partial charge in [0.1, 0.15) is 18.5 Å². The highest BCUT2D eigenvalue weighted by Crippen LogP contribution is 2.18. The van der Waals surface area contributed by atoms with Gasteiger partial charge in [0.2, 0.25) is 5.95 Å². The molecule has 4 rings (SSSR count). The number of hydrogen-bond acceptors (Lipinski definition) is 7. The third kappa shape index (κ3) is 5.38. The van der Waals surface area contributed by atoms with Crippen LogP contribution in [0.15, 0.2) is 67.7 Å². The second-order valence-electron chi connectivity index (χ2n) is 7.38. The number of hydrogen-bond donors (Lipinski definition) is 3. The predicted octanol–water partition coefficient (Wildman–Crippen LogP) is 2.73. The number of nitrogens with zero attached hydrogens (tertiary/aromatic N) is 4. The molecule has 0 aliphatic carbocycles. The number of aliphatic hydroxyl groups is 1. The summed E-state index contributed by atoms with van der Waals surface area (Å²) in [5.41, 5.74) is 2.68. The quantitative estimate of drug-likeness (QED) is 0.230. The molecule has 0 fully saturated rings. The summed E-state index contributed by atoms with van der Waals surface area (Å²) in [7, 11) is 1.49. The highest BCUT2D eigenvalue weighted by Gasteiger charge is 2.20. The van der Waals surface area contributed by atoms with Crippen LogP contribution in [0, 0.1) is 0 Å². The maximum atomic E-state index is 12.6. The number of aromatic amines is 1. The fourth-order valence-electron chi connectivity index (χ4n) is 3.20. The smallest absolute Gasteiger partial charge is 0.329 e. The molecule has 2 aromatic heterocycles. The normalized spacial score (nSPS) is 12.4. The number of hydrazone groups is 1. The SMILES string of the molecule is Cn1c(=O)[nH]c(=O)c2c1nc(NN=Cc1ccc(Br)cc1)n2CC(O)COc1ccc(Cl)cc1. The molecule has 0 spiro atoms. The Hall–Kier alpha value is -3.41. The summed E-state index contributed by atoms with van der Waals surface area (Å²) in [5, 5.41) is 15.4. The summed E-state index contributed by atoms with van der Waals surface area (Å²) >= 11 is 9.25. The largest absolute Gasteiger partial charge is 0.491 e. The van der Waals surface area contributed by atoms with E-state index in [-0.39, 0.29) is 30.3 Å². The Morgan fingerprint density at radius 3 is 2.65 bits per heavy atom. The van der Waals surface area contributed by atoms with Crippen LogP contribution in [0.4, 0.5) is 5.95 Å². The Balaban J connectivity index is 1.60. The number of halogens is 2. The number of imidazole rings is 1. The van der Waals surface area contributed by atoms with E-state index < -0.39 is 17.4 Å². The first-order valence-corrected chi connectivity index (χ1v) is 11.3. The van der Waals surface area contributed by atoms with Crippen LogP contribution in [0.1, 0.15) is 5.56 Å². The van der Waals surface area contributed by atoms with Crippen molar-refractivity contribution in [2.75, 3.05) is 12.0 Å². The van der Waals surface area contributed by atoms with Gasteiger partial charge in [0.25, 0.3) is 5.56 Å². The fourth-order valence-corrected chi connectivity index (χ4v) is 3.59. The minimum absolute atomic E-state index is 0.0402. The van der Waals surface area contributed by atoms with Crippen molar-refractivity contribution < 1.29 is 9.84 Å². The maximum absolute atomic E-state index is 12.6. The van der Waals surface area contributed by atoms with Gasteiger partial charge in [-0.3, -0.25) is 14.3 Å². The van der Waals surface area contributed by atoms with Gasteiger partial charge in [-0.25, -0.2) is 10.2 Å². The van der Waals surface area contributed by atoms with Crippen LogP contribution < -0.4 is 21.4 Å². The van der Waals surface area contributed by atoms with Gasteiger partial charge in [0.15, 0.2) is 11.2 Å². The summed E-state index contributed by atoms with van der Waals surface area (Å²) in [6.07, 6.45) is 0.583. The number of nitrogens with one attached hydrogen (secondary N) is 2. The summed E-state index contributed by atoms with van der Waals surface area (Å²) in [5.74, 6) is 0.720. The number of aromatic nitrogens is 4. The molecule has 0 radical (unpaired) electrons. The molecule has 0 aliphatic rings. The molecule has 0 amide bonds. The van der Waals surface area contributed by atoms with Gasteiger partial charge in [-0.2, -0.15) is 10.1 Å². The van der Waals surface area contributed by atoms with Gasteiger partial charge in [0.05, 0.1) is 12.8 Å². The first kappa shape index (κ1) is 23.7. The minimum atomic E-state index is -0.999. The average Bonchev–Trinajstić information content (AvgIpc) is 3.17. The Morgan fingerprint density at radius 2 is 1.94 bits per heavy atom. The lowest BCUT2D eigenvalue weighted by atomic mass is 10.2. The van der Waals surface area contributed by atoms with E-state index in [1.165, 1.54) is 16.2 Å². The molecule has 2 aromatic carbocycles. The Labute approximate surface area is 206 Å². The van der Waals surface area contributed by atoms with E-state index in [1.807, 2.05) is 24.3 Å². The van der Waals surface area contributed by atoms with Gasteiger partial charge in [-0.15, -0.1) is 0 Å². The number of ether oxygens (including phenoxy) is 1. The van der Waals surface area contributed by atoms with Crippen molar-refractivity contribution in [2.45, 2.75) is 12.6 Å². The van der Waals surface area contributed by atoms with Crippen LogP contribution >= 0.6 is 27.5 Å². The van der Waals surface area contributed by atoms with Crippen molar-refractivity contribution in [1.82, 2.24) is 19.1 Å². The van der Waals surface area contributed by atoms with E-state index in [2.05, 4.69) is 36.4 Å². The van der Waals surface area contributed by atoms with Crippen molar-refractivity contribution in [3.63, 3.8) is 0 Å². The van der Waals surface area contributed by atoms with Gasteiger partial charge in [-0.05, 0) is 42.0 Å². The van der Waals surface area contributed by atoms with Gasteiger partial charge in [0, 0.05) is 16.5 Å². The lowest BCUT2D eigenvalue weighted by molar-refractivity contribution is 0.0938. The number of aliphatic hydroxyl groups excluding tert-OH is 1. The number of H-pyrrole nitrogens is 1. The first-order chi connectivity index (χ1) is 16.3. The molecule has 0 saturated carbocycles. The molecular weight excluding hydrogens is 528 g/mol. The first-order valence-electron chi connectivity index (χ1n) is 10.1. The Morgan fingerprint density at radius 1 is 1.24 bits per heavy atom. The molecule has 0 saturated heterocycles. The predicted molar refractivity (Wildman–Crippen MR) is 134 cm³/mol. The molecule has 4 aromatic rings. The van der Waals surface area contributed by atoms with Gasteiger partial charge < -0.3 is 14.4 Å². The second kappa shape index (κ2) is 10.2. The van der Waals surface area contributed by atoms with Crippen LogP contribution in [-0.2, 0) is 13.6 Å². The summed E-state index contributed by atoms with van der Waals surface area (Å²) in [6, 6.07) is 14.2. The lowest BCUT2D eigenvalue weighted by Gasteiger charge is -2.15. The number of anilines is 1. The highest BCUT2D eigenvalue weighted by atomic mass is 79.9. The fraction of sp³-hybridized carbons (Fsp3) is 0.182. The van der Waals surface area contributed by atoms with Crippen molar-refractivity contribution in [3.05, 3.63) is 84.4 Å². The van der Waals surface area contributed by atoms with E-state index in [0.29, 0.717) is 10.8 Å². The third-order valence-electron chi connectivity index (χ3n) is 4.90. The van der Waals surface area contributed by atoms with Crippen molar-refractivity contribution in [2.24, 2.45) is 12.1 Å². The van der Waals surface area contributed by atoms with E-state index in [4.69, 9.17) is 16.3 Å². The maximum Gasteiger partial charge on any atom is 0.329 e. The minimum Gasteiger partial charge on any atom is -0.491 e. The number of rotatable bonds is 8. The van der Waals surface area contributed by atoms with Crippen LogP contribution in [0.3, 0.4) is 0 Å². The molecule has 10 nitrogen and oxygen atoms in total. The zero-order valence-corrected chi connectivity index (χ0v) is 20.2. The molecule has 2 heterocycles. The molecule has 0 bridgehead atoms. The molecule has 34 heavy (non-hydrogen) atoms. The van der Waals surface area contributed by atoms with Gasteiger partial charge in [-0.1, -0.05) is 39.7 Å². The summed E-state index contributed by atoms with van der Waals surface area (Å²) in [4.78, 5) is 31.2. The monoisotopic (exact) mass is 546 g/mol. The highest BCUT2D eigenvalue weighted by molar-refractivity contribution is 9.10. The van der Waals surface area contributed by atoms with Crippen molar-refractivity contribution >= 4 is 50.9 Å². The Bertz CT molecular complexity index is 1440. The molecule has 176 valence electrons. The van der Waals surface area contributed by atoms with Crippen molar-refractivity contribution in [1.29, 1.82) is 0 Å². The standard InChI is InChI=1S/C22H20BrClN6O4/c1-29-19-18(20(32)27-22(29)33)30(11-16(31)12-34-17-8-6-15(24)7-9-17)21(26-19)28-25-10-13-2-4-14(23)5-3-13/h2-10,16,31H,11-12H2,1H3,(H,26,28)(H,27,32,33). The third-order valence-corrected chi connectivity index (χ3v) is 5.69. The lowest BCUT2D eigenvalue weighted by Crippen LogP contribution is -2.30. The summed E-state index contributed by atoms with van der Waals surface area (Å²) < 4.78 is 9.22. The van der Waals surface area contributed by atoms with E-state index in [9.17, 15) is 14.7 Å². The topological polar surface area (TPSA) is 127 Å². The van der Waals surface area contributed by atoms with Crippen LogP contribution in [-0.4, -0.2) is 43.1 Å². The zero-order chi connectivity index (χ0) is 24.2. The zero-order valence-electron chi connectivity index (χ0n) is 17.9. The number of aryl methyl sites for hydroxylation is 1. The van der Waals surface area contributed by atoms with Crippen LogP contribution in [0.5, 0.6) is 5.75 Å². The van der Waals surface area contributed by atoms with Crippen molar-refractivity contribution in [3.8, 4) is 5.75 Å². The van der Waals surface area contributed by atoms with Crippen LogP contribution in [0.25, 0.3) is 11.2 Å². The molecular formula is C22H20BrClN6O4. The number of benzene rings is 2. The molecule has 12 heteroatoms. The molecule has 3 N–H and O–H groups in total.